The normalized spacial score (nSPS) is 19.6. The molecule has 1 fully saturated rings. The van der Waals surface area contributed by atoms with Gasteiger partial charge < -0.3 is 10.3 Å². The minimum absolute atomic E-state index is 0.670. The van der Waals surface area contributed by atoms with E-state index in [4.69, 9.17) is 0 Å². The number of rotatable bonds is 5. The average Bonchev–Trinajstić information content (AvgIpc) is 3.08. The number of H-pyrrole nitrogens is 1. The molecule has 102 valence electrons. The second-order valence-electron chi connectivity index (χ2n) is 5.33. The summed E-state index contributed by atoms with van der Waals surface area (Å²) in [5.41, 5.74) is 2.34. The van der Waals surface area contributed by atoms with E-state index < -0.39 is 0 Å². The Morgan fingerprint density at radius 3 is 3.21 bits per heavy atom. The summed E-state index contributed by atoms with van der Waals surface area (Å²) < 4.78 is 0. The first-order valence-electron chi connectivity index (χ1n) is 7.23. The summed E-state index contributed by atoms with van der Waals surface area (Å²) >= 11 is 0. The van der Waals surface area contributed by atoms with E-state index in [0.29, 0.717) is 6.04 Å². The molecule has 4 heteroatoms. The van der Waals surface area contributed by atoms with Crippen LogP contribution in [0.5, 0.6) is 0 Å². The van der Waals surface area contributed by atoms with E-state index in [1.165, 1.54) is 30.3 Å². The summed E-state index contributed by atoms with van der Waals surface area (Å²) in [6, 6.07) is 4.83. The fraction of sp³-hybridized carbons (Fsp3) is 0.533. The molecule has 4 nitrogen and oxygen atoms in total. The van der Waals surface area contributed by atoms with Crippen molar-refractivity contribution in [2.45, 2.75) is 32.4 Å². The quantitative estimate of drug-likeness (QED) is 0.863. The molecule has 1 unspecified atom stereocenters. The van der Waals surface area contributed by atoms with Gasteiger partial charge in [0, 0.05) is 36.9 Å². The Morgan fingerprint density at radius 2 is 2.42 bits per heavy atom. The SMILES string of the molecule is CCN(Cc1c[nH]c2ncccc12)CC1CCCN1. The molecule has 0 spiro atoms. The van der Waals surface area contributed by atoms with E-state index in [9.17, 15) is 0 Å². The fourth-order valence-electron chi connectivity index (χ4n) is 2.91. The molecule has 1 aliphatic heterocycles. The number of nitrogens with one attached hydrogen (secondary N) is 2. The van der Waals surface area contributed by atoms with Crippen LogP contribution in [0.2, 0.25) is 0 Å². The average molecular weight is 258 g/mol. The first kappa shape index (κ1) is 12.6. The number of nitrogens with zero attached hydrogens (tertiary/aromatic N) is 2. The molecule has 1 atom stereocenters. The maximum absolute atomic E-state index is 4.35. The summed E-state index contributed by atoms with van der Waals surface area (Å²) in [5, 5.41) is 4.83. The van der Waals surface area contributed by atoms with Crippen LogP contribution < -0.4 is 5.32 Å². The van der Waals surface area contributed by atoms with Gasteiger partial charge in [0.1, 0.15) is 5.65 Å². The third-order valence-electron chi connectivity index (χ3n) is 4.02. The van der Waals surface area contributed by atoms with Gasteiger partial charge >= 0.3 is 0 Å². The molecule has 0 radical (unpaired) electrons. The zero-order valence-electron chi connectivity index (χ0n) is 11.5. The van der Waals surface area contributed by atoms with Crippen LogP contribution in [-0.2, 0) is 6.54 Å². The zero-order chi connectivity index (χ0) is 13.1. The predicted octanol–water partition coefficient (Wildman–Crippen LogP) is 2.14. The maximum atomic E-state index is 4.35. The smallest absolute Gasteiger partial charge is 0.137 e. The first-order valence-corrected chi connectivity index (χ1v) is 7.23. The number of likely N-dealkylation sites (N-methyl/N-ethyl adjacent to an activating group) is 1. The predicted molar refractivity (Wildman–Crippen MR) is 78.1 cm³/mol. The lowest BCUT2D eigenvalue weighted by Crippen LogP contribution is -2.37. The van der Waals surface area contributed by atoms with Crippen LogP contribution in [0.4, 0.5) is 0 Å². The van der Waals surface area contributed by atoms with Gasteiger partial charge in [0.05, 0.1) is 0 Å². The summed E-state index contributed by atoms with van der Waals surface area (Å²) in [6.07, 6.45) is 6.57. The first-order chi connectivity index (χ1) is 9.36. The minimum atomic E-state index is 0.670. The molecule has 3 rings (SSSR count). The molecular formula is C15H22N4. The Bertz CT molecular complexity index is 528. The van der Waals surface area contributed by atoms with Crippen molar-refractivity contribution in [1.29, 1.82) is 0 Å². The van der Waals surface area contributed by atoms with Crippen LogP contribution in [0.1, 0.15) is 25.3 Å². The highest BCUT2D eigenvalue weighted by atomic mass is 15.1. The van der Waals surface area contributed by atoms with Gasteiger partial charge in [-0.15, -0.1) is 0 Å². The van der Waals surface area contributed by atoms with Crippen molar-refractivity contribution in [2.24, 2.45) is 0 Å². The van der Waals surface area contributed by atoms with E-state index in [2.05, 4.69) is 39.4 Å². The molecule has 3 heterocycles. The Balaban J connectivity index is 1.71. The fourth-order valence-corrected chi connectivity index (χ4v) is 2.91. The van der Waals surface area contributed by atoms with Crippen LogP contribution in [-0.4, -0.2) is 40.5 Å². The van der Waals surface area contributed by atoms with Gasteiger partial charge in [0.2, 0.25) is 0 Å². The summed E-state index contributed by atoms with van der Waals surface area (Å²) in [5.74, 6) is 0. The third-order valence-corrected chi connectivity index (χ3v) is 4.02. The van der Waals surface area contributed by atoms with Gasteiger partial charge in [-0.1, -0.05) is 6.92 Å². The summed E-state index contributed by atoms with van der Waals surface area (Å²) in [7, 11) is 0. The van der Waals surface area contributed by atoms with E-state index in [1.54, 1.807) is 0 Å². The molecule has 2 aromatic heterocycles. The zero-order valence-corrected chi connectivity index (χ0v) is 11.5. The number of pyridine rings is 1. The Kier molecular flexibility index (Phi) is 3.80. The van der Waals surface area contributed by atoms with Crippen molar-refractivity contribution in [3.05, 3.63) is 30.1 Å². The number of aromatic amines is 1. The van der Waals surface area contributed by atoms with Crippen LogP contribution in [0.15, 0.2) is 24.5 Å². The second kappa shape index (κ2) is 5.72. The van der Waals surface area contributed by atoms with E-state index in [-0.39, 0.29) is 0 Å². The van der Waals surface area contributed by atoms with E-state index in [0.717, 1.165) is 25.3 Å². The number of aromatic nitrogens is 2. The molecule has 0 saturated carbocycles. The largest absolute Gasteiger partial charge is 0.346 e. The molecule has 1 aliphatic rings. The van der Waals surface area contributed by atoms with Gasteiger partial charge in [-0.05, 0) is 43.6 Å². The van der Waals surface area contributed by atoms with Crippen molar-refractivity contribution >= 4 is 11.0 Å². The summed E-state index contributed by atoms with van der Waals surface area (Å²) in [6.45, 7) is 6.65. The van der Waals surface area contributed by atoms with Gasteiger partial charge in [-0.3, -0.25) is 4.90 Å². The van der Waals surface area contributed by atoms with Crippen LogP contribution >= 0.6 is 0 Å². The molecular weight excluding hydrogens is 236 g/mol. The third kappa shape index (κ3) is 2.80. The van der Waals surface area contributed by atoms with Crippen molar-refractivity contribution in [1.82, 2.24) is 20.2 Å². The second-order valence-corrected chi connectivity index (χ2v) is 5.33. The molecule has 0 aliphatic carbocycles. The van der Waals surface area contributed by atoms with Crippen molar-refractivity contribution in [3.8, 4) is 0 Å². The van der Waals surface area contributed by atoms with Gasteiger partial charge in [-0.2, -0.15) is 0 Å². The molecule has 19 heavy (non-hydrogen) atoms. The minimum Gasteiger partial charge on any atom is -0.346 e. The Labute approximate surface area is 114 Å². The standard InChI is InChI=1S/C15H22N4/c1-2-19(11-13-5-3-7-16-13)10-12-9-18-15-14(12)6-4-8-17-15/h4,6,8-9,13,16H,2-3,5,7,10-11H2,1H3,(H,17,18). The number of hydrogen-bond acceptors (Lipinski definition) is 3. The maximum Gasteiger partial charge on any atom is 0.137 e. The molecule has 0 bridgehead atoms. The van der Waals surface area contributed by atoms with Gasteiger partial charge in [0.15, 0.2) is 0 Å². The lowest BCUT2D eigenvalue weighted by Gasteiger charge is -2.23. The van der Waals surface area contributed by atoms with E-state index in [1.807, 2.05) is 12.3 Å². The number of hydrogen-bond donors (Lipinski definition) is 2. The van der Waals surface area contributed by atoms with Crippen LogP contribution in [0.25, 0.3) is 11.0 Å². The van der Waals surface area contributed by atoms with E-state index >= 15 is 0 Å². The van der Waals surface area contributed by atoms with Crippen LogP contribution in [0, 0.1) is 0 Å². The Hall–Kier alpha value is -1.39. The van der Waals surface area contributed by atoms with Crippen molar-refractivity contribution in [3.63, 3.8) is 0 Å². The van der Waals surface area contributed by atoms with Crippen LogP contribution in [0.3, 0.4) is 0 Å². The van der Waals surface area contributed by atoms with Crippen molar-refractivity contribution in [2.75, 3.05) is 19.6 Å². The molecule has 2 aromatic rings. The molecule has 1 saturated heterocycles. The number of fused-ring (bicyclic) bond motifs is 1. The monoisotopic (exact) mass is 258 g/mol. The molecule has 0 amide bonds. The van der Waals surface area contributed by atoms with Gasteiger partial charge in [0.25, 0.3) is 0 Å². The Morgan fingerprint density at radius 1 is 1.47 bits per heavy atom. The lowest BCUT2D eigenvalue weighted by atomic mass is 10.1. The highest BCUT2D eigenvalue weighted by molar-refractivity contribution is 5.79. The lowest BCUT2D eigenvalue weighted by molar-refractivity contribution is 0.254. The van der Waals surface area contributed by atoms with Gasteiger partial charge in [-0.25, -0.2) is 4.98 Å². The highest BCUT2D eigenvalue weighted by Gasteiger charge is 2.17. The van der Waals surface area contributed by atoms with Crippen molar-refractivity contribution < 1.29 is 0 Å². The topological polar surface area (TPSA) is 44.0 Å². The highest BCUT2D eigenvalue weighted by Crippen LogP contribution is 2.18. The molecule has 2 N–H and O–H groups in total. The summed E-state index contributed by atoms with van der Waals surface area (Å²) in [4.78, 5) is 10.1. The molecule has 0 aromatic carbocycles.